The first-order valence-corrected chi connectivity index (χ1v) is 12.9. The number of anilines is 1. The Kier molecular flexibility index (Phi) is 6.36. The van der Waals surface area contributed by atoms with Crippen LogP contribution in [0.3, 0.4) is 0 Å². The molecule has 178 valence electrons. The second-order valence-corrected chi connectivity index (χ2v) is 9.78. The van der Waals surface area contributed by atoms with Crippen LogP contribution in [0.1, 0.15) is 66.9 Å². The highest BCUT2D eigenvalue weighted by Crippen LogP contribution is 2.48. The van der Waals surface area contributed by atoms with Crippen LogP contribution in [0, 0.1) is 5.92 Å². The summed E-state index contributed by atoms with van der Waals surface area (Å²) in [6, 6.07) is 9.36. The second kappa shape index (κ2) is 9.58. The molecular weight excluding hydrogens is 454 g/mol. The summed E-state index contributed by atoms with van der Waals surface area (Å²) in [6.07, 6.45) is 9.08. The highest BCUT2D eigenvalue weighted by Gasteiger charge is 2.38. The predicted octanol–water partition coefficient (Wildman–Crippen LogP) is 3.94. The van der Waals surface area contributed by atoms with E-state index in [2.05, 4.69) is 14.7 Å². The Morgan fingerprint density at radius 3 is 2.47 bits per heavy atom. The van der Waals surface area contributed by atoms with Gasteiger partial charge >= 0.3 is 5.63 Å². The highest BCUT2D eigenvalue weighted by molar-refractivity contribution is 7.73. The van der Waals surface area contributed by atoms with E-state index in [1.165, 1.54) is 6.20 Å². The van der Waals surface area contributed by atoms with Crippen LogP contribution in [0.25, 0.3) is 11.3 Å². The van der Waals surface area contributed by atoms with Gasteiger partial charge in [-0.15, -0.1) is 0 Å². The highest BCUT2D eigenvalue weighted by atomic mass is 32.2. The van der Waals surface area contributed by atoms with Gasteiger partial charge in [0.1, 0.15) is 11.5 Å². The molecular formula is C25H27N3O5S. The number of benzene rings is 1. The number of aryl methyl sites for hydroxylation is 1. The molecule has 2 aliphatic rings. The molecule has 1 saturated carbocycles. The lowest BCUT2D eigenvalue weighted by molar-refractivity contribution is 0.382. The van der Waals surface area contributed by atoms with Crippen LogP contribution in [0.5, 0.6) is 5.75 Å². The molecule has 0 bridgehead atoms. The summed E-state index contributed by atoms with van der Waals surface area (Å²) in [5.41, 5.74) is 3.05. The van der Waals surface area contributed by atoms with E-state index < -0.39 is 16.5 Å². The summed E-state index contributed by atoms with van der Waals surface area (Å²) in [7, 11) is -2.85. The number of aromatic hydroxyl groups is 1. The SMILES string of the molecule is O=c1oc2c(c(O)c1C(c1ccc(-c3ccnc(N[SH](=O)=O)n3)cc1)C1CC1)CCCCCC2. The van der Waals surface area contributed by atoms with Gasteiger partial charge in [-0.25, -0.2) is 23.2 Å². The van der Waals surface area contributed by atoms with E-state index >= 15 is 0 Å². The summed E-state index contributed by atoms with van der Waals surface area (Å²) in [5.74, 6) is 0.829. The second-order valence-electron chi connectivity index (χ2n) is 9.04. The zero-order chi connectivity index (χ0) is 23.7. The molecule has 2 heterocycles. The van der Waals surface area contributed by atoms with Gasteiger partial charge in [-0.3, -0.25) is 4.72 Å². The molecule has 0 radical (unpaired) electrons. The molecule has 1 atom stereocenters. The molecule has 1 unspecified atom stereocenters. The number of nitrogens with zero attached hydrogens (tertiary/aromatic N) is 2. The van der Waals surface area contributed by atoms with Crippen molar-refractivity contribution in [3.8, 4) is 17.0 Å². The van der Waals surface area contributed by atoms with Crippen LogP contribution in [0.15, 0.2) is 45.7 Å². The number of hydrogen-bond donors (Lipinski definition) is 3. The predicted molar refractivity (Wildman–Crippen MR) is 128 cm³/mol. The minimum Gasteiger partial charge on any atom is -0.507 e. The lowest BCUT2D eigenvalue weighted by atomic mass is 9.85. The van der Waals surface area contributed by atoms with Crippen LogP contribution < -0.4 is 10.3 Å². The van der Waals surface area contributed by atoms with E-state index in [-0.39, 0.29) is 23.5 Å². The maximum Gasteiger partial charge on any atom is 0.343 e. The Labute approximate surface area is 199 Å². The molecule has 2 aromatic heterocycles. The summed E-state index contributed by atoms with van der Waals surface area (Å²) in [5, 5.41) is 11.2. The first-order chi connectivity index (χ1) is 16.5. The quantitative estimate of drug-likeness (QED) is 0.456. The third kappa shape index (κ3) is 4.70. The van der Waals surface area contributed by atoms with Crippen LogP contribution in [-0.2, 0) is 23.7 Å². The Morgan fingerprint density at radius 1 is 1.03 bits per heavy atom. The van der Waals surface area contributed by atoms with Crippen molar-refractivity contribution < 1.29 is 17.9 Å². The lowest BCUT2D eigenvalue weighted by Gasteiger charge is -2.21. The van der Waals surface area contributed by atoms with Crippen molar-refractivity contribution >= 4 is 16.8 Å². The van der Waals surface area contributed by atoms with E-state index in [9.17, 15) is 18.3 Å². The Balaban J connectivity index is 1.50. The van der Waals surface area contributed by atoms with Crippen molar-refractivity contribution in [3.63, 3.8) is 0 Å². The molecule has 0 spiro atoms. The lowest BCUT2D eigenvalue weighted by Crippen LogP contribution is -2.19. The molecule has 8 nitrogen and oxygen atoms in total. The van der Waals surface area contributed by atoms with Crippen molar-refractivity contribution in [3.05, 3.63) is 69.4 Å². The summed E-state index contributed by atoms with van der Waals surface area (Å²) in [4.78, 5) is 21.2. The zero-order valence-corrected chi connectivity index (χ0v) is 19.6. The molecule has 0 amide bonds. The number of aromatic nitrogens is 2. The first-order valence-electron chi connectivity index (χ1n) is 11.7. The molecule has 34 heavy (non-hydrogen) atoms. The van der Waals surface area contributed by atoms with Crippen LogP contribution >= 0.6 is 0 Å². The van der Waals surface area contributed by atoms with E-state index in [4.69, 9.17) is 4.42 Å². The number of rotatable bonds is 6. The van der Waals surface area contributed by atoms with E-state index in [0.717, 1.165) is 61.6 Å². The van der Waals surface area contributed by atoms with E-state index in [1.54, 1.807) is 6.07 Å². The molecule has 2 N–H and O–H groups in total. The summed E-state index contributed by atoms with van der Waals surface area (Å²) in [6.45, 7) is 0. The Bertz CT molecular complexity index is 1320. The smallest absolute Gasteiger partial charge is 0.343 e. The van der Waals surface area contributed by atoms with Crippen molar-refractivity contribution in [1.82, 2.24) is 9.97 Å². The average Bonchev–Trinajstić information content (AvgIpc) is 3.63. The number of fused-ring (bicyclic) bond motifs is 1. The zero-order valence-electron chi connectivity index (χ0n) is 18.7. The minimum atomic E-state index is -2.85. The van der Waals surface area contributed by atoms with Gasteiger partial charge in [0.2, 0.25) is 16.8 Å². The van der Waals surface area contributed by atoms with Crippen molar-refractivity contribution in [2.24, 2.45) is 5.92 Å². The van der Waals surface area contributed by atoms with Gasteiger partial charge < -0.3 is 9.52 Å². The minimum absolute atomic E-state index is 0.0110. The average molecular weight is 482 g/mol. The molecule has 1 fully saturated rings. The first kappa shape index (κ1) is 22.6. The van der Waals surface area contributed by atoms with Crippen molar-refractivity contribution in [2.45, 2.75) is 57.3 Å². The molecule has 0 aliphatic heterocycles. The van der Waals surface area contributed by atoms with Gasteiger partial charge in [0, 0.05) is 29.7 Å². The van der Waals surface area contributed by atoms with Crippen LogP contribution in [0.2, 0.25) is 0 Å². The molecule has 5 rings (SSSR count). The van der Waals surface area contributed by atoms with E-state index in [0.29, 0.717) is 23.4 Å². The maximum absolute atomic E-state index is 13.1. The van der Waals surface area contributed by atoms with Crippen LogP contribution in [0.4, 0.5) is 5.95 Å². The molecule has 1 aromatic carbocycles. The van der Waals surface area contributed by atoms with Crippen LogP contribution in [-0.4, -0.2) is 23.5 Å². The third-order valence-electron chi connectivity index (χ3n) is 6.71. The summed E-state index contributed by atoms with van der Waals surface area (Å²) >= 11 is 0. The van der Waals surface area contributed by atoms with E-state index in [1.807, 2.05) is 24.3 Å². The standard InChI is InChI=1S/C25H27N3O5S/c29-23-18-5-3-1-2-4-6-20(18)33-24(30)22(23)21(17-11-12-17)16-9-7-15(8-10-16)19-13-14-26-25(27-19)28-34(31)32/h7-10,13-14,17,21,29,34H,1-6,11-12H2,(H,26,27,28,31,32). The molecule has 0 saturated heterocycles. The number of hydrogen-bond acceptors (Lipinski definition) is 7. The fourth-order valence-electron chi connectivity index (χ4n) is 4.91. The Morgan fingerprint density at radius 2 is 1.76 bits per heavy atom. The topological polar surface area (TPSA) is 122 Å². The van der Waals surface area contributed by atoms with Crippen molar-refractivity contribution in [2.75, 3.05) is 4.72 Å². The normalized spacial score (nSPS) is 17.0. The van der Waals surface area contributed by atoms with Gasteiger partial charge in [-0.2, -0.15) is 0 Å². The monoisotopic (exact) mass is 481 g/mol. The van der Waals surface area contributed by atoms with Gasteiger partial charge in [-0.05, 0) is 49.7 Å². The number of thiol groups is 1. The van der Waals surface area contributed by atoms with Gasteiger partial charge in [0.25, 0.3) is 0 Å². The molecule has 3 aromatic rings. The Hall–Kier alpha value is -3.20. The largest absolute Gasteiger partial charge is 0.507 e. The maximum atomic E-state index is 13.1. The van der Waals surface area contributed by atoms with Gasteiger partial charge in [0.05, 0.1) is 11.3 Å². The summed E-state index contributed by atoms with van der Waals surface area (Å²) < 4.78 is 29.8. The van der Waals surface area contributed by atoms with Gasteiger partial charge in [0.15, 0.2) is 0 Å². The fourth-order valence-corrected chi connectivity index (χ4v) is 5.19. The number of nitrogens with one attached hydrogen (secondary N) is 1. The van der Waals surface area contributed by atoms with Crippen molar-refractivity contribution in [1.29, 1.82) is 0 Å². The fraction of sp³-hybridized carbons (Fsp3) is 0.400. The van der Waals surface area contributed by atoms with Gasteiger partial charge in [-0.1, -0.05) is 37.1 Å². The molecule has 9 heteroatoms. The third-order valence-corrected chi connectivity index (χ3v) is 7.09. The molecule has 2 aliphatic carbocycles.